The summed E-state index contributed by atoms with van der Waals surface area (Å²) in [6, 6.07) is 10.2. The number of nitrogens with zero attached hydrogens (tertiary/aromatic N) is 1. The Hall–Kier alpha value is -0.453. The molecule has 1 aromatic carbocycles. The van der Waals surface area contributed by atoms with Gasteiger partial charge >= 0.3 is 0 Å². The van der Waals surface area contributed by atoms with Gasteiger partial charge < -0.3 is 8.95 Å². The Morgan fingerprint density at radius 2 is 1.82 bits per heavy atom. The monoisotopic (exact) mass is 341 g/mol. The van der Waals surface area contributed by atoms with E-state index in [9.17, 15) is 4.57 Å². The summed E-state index contributed by atoms with van der Waals surface area (Å²) in [4.78, 5) is 2.23. The number of hydrogen-bond donors (Lipinski definition) is 0. The molecule has 1 unspecified atom stereocenters. The van der Waals surface area contributed by atoms with Crippen molar-refractivity contribution in [2.75, 3.05) is 38.8 Å². The average Bonchev–Trinajstić information content (AvgIpc) is 2.45. The van der Waals surface area contributed by atoms with Crippen LogP contribution in [0.1, 0.15) is 5.56 Å². The summed E-state index contributed by atoms with van der Waals surface area (Å²) in [5.41, 5.74) is 1.23. The minimum Gasteiger partial charge on any atom is -0.379 e. The molecule has 0 spiro atoms. The molecule has 0 bridgehead atoms. The third-order valence-electron chi connectivity index (χ3n) is 3.54. The van der Waals surface area contributed by atoms with Crippen LogP contribution >= 0.6 is 7.37 Å². The molecule has 0 amide bonds. The van der Waals surface area contributed by atoms with Crippen LogP contribution in [-0.4, -0.2) is 52.0 Å². The number of aryl methyl sites for hydroxylation is 1. The molecule has 1 heterocycles. The first-order valence-electron chi connectivity index (χ1n) is 7.99. The Labute approximate surface area is 135 Å². The Morgan fingerprint density at radius 1 is 1.18 bits per heavy atom. The number of benzene rings is 1. The van der Waals surface area contributed by atoms with Crippen LogP contribution in [0.15, 0.2) is 30.3 Å². The molecule has 124 valence electrons. The third kappa shape index (κ3) is 6.35. The van der Waals surface area contributed by atoms with Crippen molar-refractivity contribution in [1.29, 1.82) is 0 Å². The molecule has 4 nitrogen and oxygen atoms in total. The van der Waals surface area contributed by atoms with E-state index in [-0.39, 0.29) is 0 Å². The van der Waals surface area contributed by atoms with E-state index in [4.69, 9.17) is 8.95 Å². The second kappa shape index (κ2) is 7.89. The van der Waals surface area contributed by atoms with Crippen LogP contribution in [0.25, 0.3) is 0 Å². The van der Waals surface area contributed by atoms with E-state index in [0.29, 0.717) is 12.4 Å². The van der Waals surface area contributed by atoms with E-state index in [0.717, 1.165) is 32.7 Å². The van der Waals surface area contributed by atoms with E-state index in [1.54, 1.807) is 0 Å². The quantitative estimate of drug-likeness (QED) is 0.560. The summed E-state index contributed by atoms with van der Waals surface area (Å²) in [5, 5.41) is 0. The van der Waals surface area contributed by atoms with Crippen molar-refractivity contribution in [2.24, 2.45) is 0 Å². The van der Waals surface area contributed by atoms with E-state index >= 15 is 0 Å². The van der Waals surface area contributed by atoms with Crippen molar-refractivity contribution in [3.05, 3.63) is 35.9 Å². The van der Waals surface area contributed by atoms with Crippen LogP contribution in [0.5, 0.6) is 0 Å². The summed E-state index contributed by atoms with van der Waals surface area (Å²) in [6.07, 6.45) is 2.00. The number of rotatable bonds is 7. The summed E-state index contributed by atoms with van der Waals surface area (Å²) >= 11 is 0. The molecular formula is C16H28NO3PSi. The lowest BCUT2D eigenvalue weighted by atomic mass is 10.2. The maximum atomic E-state index is 13.4. The van der Waals surface area contributed by atoms with Crippen LogP contribution in [0.4, 0.5) is 0 Å². The van der Waals surface area contributed by atoms with Gasteiger partial charge in [0.25, 0.3) is 0 Å². The van der Waals surface area contributed by atoms with Gasteiger partial charge in [-0.3, -0.25) is 9.46 Å². The van der Waals surface area contributed by atoms with Gasteiger partial charge in [-0.25, -0.2) is 0 Å². The molecule has 2 rings (SSSR count). The van der Waals surface area contributed by atoms with E-state index in [2.05, 4.69) is 36.7 Å². The average molecular weight is 341 g/mol. The largest absolute Gasteiger partial charge is 0.379 e. The molecule has 0 radical (unpaired) electrons. The minimum absolute atomic E-state index is 0.563. The lowest BCUT2D eigenvalue weighted by molar-refractivity contribution is 0.0454. The molecule has 6 heteroatoms. The van der Waals surface area contributed by atoms with E-state index in [1.807, 2.05) is 18.2 Å². The van der Waals surface area contributed by atoms with Crippen molar-refractivity contribution in [3.63, 3.8) is 0 Å². The highest BCUT2D eigenvalue weighted by molar-refractivity contribution is 7.60. The van der Waals surface area contributed by atoms with Gasteiger partial charge in [-0.05, 0) is 31.6 Å². The lowest BCUT2D eigenvalue weighted by Crippen LogP contribution is -2.38. The first kappa shape index (κ1) is 17.9. The topological polar surface area (TPSA) is 38.8 Å². The molecule has 1 aliphatic heterocycles. The fourth-order valence-electron chi connectivity index (χ4n) is 2.64. The molecule has 0 N–H and O–H groups in total. The Balaban J connectivity index is 2.02. The van der Waals surface area contributed by atoms with Crippen LogP contribution in [0.2, 0.25) is 19.6 Å². The van der Waals surface area contributed by atoms with Crippen LogP contribution in [0.3, 0.4) is 0 Å². The van der Waals surface area contributed by atoms with Crippen molar-refractivity contribution in [2.45, 2.75) is 26.1 Å². The molecule has 0 aromatic heterocycles. The molecule has 0 saturated carbocycles. The SMILES string of the molecule is C[Si](C)(C)OP(=O)(CCc1ccccc1)CN1CCOCC1. The summed E-state index contributed by atoms with van der Waals surface area (Å²) in [5.74, 6) is 0. The van der Waals surface area contributed by atoms with Crippen molar-refractivity contribution in [1.82, 2.24) is 4.90 Å². The number of hydrogen-bond acceptors (Lipinski definition) is 4. The molecular weight excluding hydrogens is 313 g/mol. The first-order valence-corrected chi connectivity index (χ1v) is 13.4. The Bertz CT molecular complexity index is 498. The maximum absolute atomic E-state index is 13.4. The Kier molecular flexibility index (Phi) is 6.42. The highest BCUT2D eigenvalue weighted by Gasteiger charge is 2.32. The fourth-order valence-corrected chi connectivity index (χ4v) is 8.86. The van der Waals surface area contributed by atoms with Gasteiger partial charge in [0.1, 0.15) is 0 Å². The van der Waals surface area contributed by atoms with Gasteiger partial charge in [-0.2, -0.15) is 0 Å². The zero-order valence-corrected chi connectivity index (χ0v) is 15.9. The van der Waals surface area contributed by atoms with E-state index in [1.165, 1.54) is 5.56 Å². The van der Waals surface area contributed by atoms with Gasteiger partial charge in [0.05, 0.1) is 19.5 Å². The molecule has 0 aliphatic carbocycles. The van der Waals surface area contributed by atoms with Crippen molar-refractivity contribution >= 4 is 15.7 Å². The molecule has 1 atom stereocenters. The van der Waals surface area contributed by atoms with Crippen molar-refractivity contribution < 1.29 is 13.5 Å². The second-order valence-corrected chi connectivity index (χ2v) is 14.2. The molecule has 1 aliphatic rings. The summed E-state index contributed by atoms with van der Waals surface area (Å²) < 4.78 is 24.9. The van der Waals surface area contributed by atoms with Crippen molar-refractivity contribution in [3.8, 4) is 0 Å². The van der Waals surface area contributed by atoms with Crippen LogP contribution < -0.4 is 0 Å². The first-order chi connectivity index (χ1) is 10.4. The molecule has 1 saturated heterocycles. The maximum Gasteiger partial charge on any atom is 0.207 e. The van der Waals surface area contributed by atoms with Gasteiger partial charge in [0.2, 0.25) is 7.37 Å². The van der Waals surface area contributed by atoms with Gasteiger partial charge in [0.15, 0.2) is 8.32 Å². The highest BCUT2D eigenvalue weighted by Crippen LogP contribution is 2.50. The lowest BCUT2D eigenvalue weighted by Gasteiger charge is -2.33. The van der Waals surface area contributed by atoms with Gasteiger partial charge in [-0.1, -0.05) is 30.3 Å². The normalized spacial score (nSPS) is 19.8. The van der Waals surface area contributed by atoms with Crippen LogP contribution in [-0.2, 0) is 19.9 Å². The zero-order chi connectivity index (χ0) is 16.1. The standard InChI is InChI=1S/C16H28NO3PSi/c1-22(2,3)20-21(18,15-17-10-12-19-13-11-17)14-9-16-7-5-4-6-8-16/h4-8H,9-15H2,1-3H3. The summed E-state index contributed by atoms with van der Waals surface area (Å²) in [6.45, 7) is 9.50. The number of morpholine rings is 1. The molecule has 22 heavy (non-hydrogen) atoms. The highest BCUT2D eigenvalue weighted by atomic mass is 31.2. The predicted octanol–water partition coefficient (Wildman–Crippen LogP) is 3.65. The number of ether oxygens (including phenoxy) is 1. The van der Waals surface area contributed by atoms with E-state index < -0.39 is 15.7 Å². The van der Waals surface area contributed by atoms with Crippen LogP contribution in [0, 0.1) is 0 Å². The zero-order valence-electron chi connectivity index (χ0n) is 14.0. The summed E-state index contributed by atoms with van der Waals surface area (Å²) in [7, 11) is -4.48. The minimum atomic E-state index is -2.64. The smallest absolute Gasteiger partial charge is 0.207 e. The predicted molar refractivity (Wildman–Crippen MR) is 94.3 cm³/mol. The van der Waals surface area contributed by atoms with Gasteiger partial charge in [-0.15, -0.1) is 0 Å². The Morgan fingerprint density at radius 3 is 2.41 bits per heavy atom. The second-order valence-electron chi connectivity index (χ2n) is 6.85. The fraction of sp³-hybridized carbons (Fsp3) is 0.625. The van der Waals surface area contributed by atoms with Gasteiger partial charge in [0, 0.05) is 19.3 Å². The molecule has 1 aromatic rings. The molecule has 1 fully saturated rings. The third-order valence-corrected chi connectivity index (χ3v) is 8.80.